The number of amides is 2. The third kappa shape index (κ3) is 3.70. The molecule has 0 saturated carbocycles. The maximum Gasteiger partial charge on any atom is 0.285 e. The van der Waals surface area contributed by atoms with Gasteiger partial charge in [0.1, 0.15) is 18.8 Å². The molecule has 26 heavy (non-hydrogen) atoms. The van der Waals surface area contributed by atoms with Gasteiger partial charge in [0, 0.05) is 5.56 Å². The lowest BCUT2D eigenvalue weighted by Crippen LogP contribution is -3.12. The van der Waals surface area contributed by atoms with Gasteiger partial charge in [0.15, 0.2) is 6.04 Å². The lowest BCUT2D eigenvalue weighted by atomic mass is 10.1. The largest absolute Gasteiger partial charge is 0.497 e. The normalized spacial score (nSPS) is 15.7. The number of carbonyl (C=O) groups is 2. The van der Waals surface area contributed by atoms with Crippen LogP contribution in [0.15, 0.2) is 48.5 Å². The SMILES string of the molecule is COc1cccc(C[NH+](C)[C@H](C)C(=O)N2CC(=O)Nc3ccccc32)c1. The van der Waals surface area contributed by atoms with E-state index < -0.39 is 0 Å². The van der Waals surface area contributed by atoms with Gasteiger partial charge in [-0.15, -0.1) is 0 Å². The number of hydrogen-bond donors (Lipinski definition) is 2. The summed E-state index contributed by atoms with van der Waals surface area (Å²) < 4.78 is 5.26. The Morgan fingerprint density at radius 3 is 2.81 bits per heavy atom. The molecule has 6 heteroatoms. The van der Waals surface area contributed by atoms with Crippen LogP contribution in [0.3, 0.4) is 0 Å². The molecule has 2 aromatic rings. The van der Waals surface area contributed by atoms with Crippen LogP contribution in [0.25, 0.3) is 0 Å². The van der Waals surface area contributed by atoms with Crippen molar-refractivity contribution in [3.8, 4) is 5.75 Å². The Hall–Kier alpha value is -2.86. The fourth-order valence-corrected chi connectivity index (χ4v) is 3.13. The van der Waals surface area contributed by atoms with E-state index in [0.29, 0.717) is 12.2 Å². The van der Waals surface area contributed by atoms with Gasteiger partial charge in [-0.3, -0.25) is 14.5 Å². The van der Waals surface area contributed by atoms with Crippen LogP contribution in [-0.2, 0) is 16.1 Å². The lowest BCUT2D eigenvalue weighted by molar-refractivity contribution is -0.908. The van der Waals surface area contributed by atoms with E-state index >= 15 is 0 Å². The number of benzene rings is 2. The molecule has 0 aromatic heterocycles. The zero-order valence-electron chi connectivity index (χ0n) is 15.3. The van der Waals surface area contributed by atoms with Crippen LogP contribution >= 0.6 is 0 Å². The molecule has 136 valence electrons. The molecular formula is C20H24N3O3+. The number of para-hydroxylation sites is 2. The highest BCUT2D eigenvalue weighted by molar-refractivity contribution is 6.10. The maximum absolute atomic E-state index is 13.1. The third-order valence-corrected chi connectivity index (χ3v) is 4.76. The predicted octanol–water partition coefficient (Wildman–Crippen LogP) is 1.08. The molecule has 0 fully saturated rings. The van der Waals surface area contributed by atoms with Gasteiger partial charge in [0.25, 0.3) is 5.91 Å². The number of hydrogen-bond acceptors (Lipinski definition) is 3. The lowest BCUT2D eigenvalue weighted by Gasteiger charge is -2.32. The summed E-state index contributed by atoms with van der Waals surface area (Å²) in [6, 6.07) is 14.9. The Morgan fingerprint density at radius 1 is 1.27 bits per heavy atom. The van der Waals surface area contributed by atoms with Gasteiger partial charge in [0.2, 0.25) is 5.91 Å². The first-order valence-electron chi connectivity index (χ1n) is 8.65. The smallest absolute Gasteiger partial charge is 0.285 e. The number of methoxy groups -OCH3 is 1. The highest BCUT2D eigenvalue weighted by Crippen LogP contribution is 2.29. The van der Waals surface area contributed by atoms with Crippen LogP contribution in [-0.4, -0.2) is 38.6 Å². The van der Waals surface area contributed by atoms with E-state index in [0.717, 1.165) is 21.9 Å². The number of fused-ring (bicyclic) bond motifs is 1. The van der Waals surface area contributed by atoms with Gasteiger partial charge < -0.3 is 15.0 Å². The van der Waals surface area contributed by atoms with Crippen LogP contribution in [0.5, 0.6) is 5.75 Å². The number of anilines is 2. The molecule has 1 aliphatic rings. The molecule has 1 heterocycles. The van der Waals surface area contributed by atoms with Crippen molar-refractivity contribution < 1.29 is 19.2 Å². The molecule has 1 unspecified atom stereocenters. The van der Waals surface area contributed by atoms with Crippen molar-refractivity contribution in [3.05, 3.63) is 54.1 Å². The summed E-state index contributed by atoms with van der Waals surface area (Å²) in [6.07, 6.45) is 0. The summed E-state index contributed by atoms with van der Waals surface area (Å²) >= 11 is 0. The van der Waals surface area contributed by atoms with E-state index in [9.17, 15) is 9.59 Å². The van der Waals surface area contributed by atoms with Crippen LogP contribution in [0.4, 0.5) is 11.4 Å². The molecule has 0 aliphatic carbocycles. The number of nitrogens with zero attached hydrogens (tertiary/aromatic N) is 1. The fraction of sp³-hybridized carbons (Fsp3) is 0.300. The van der Waals surface area contributed by atoms with Gasteiger partial charge in [-0.05, 0) is 31.2 Å². The number of carbonyl (C=O) groups excluding carboxylic acids is 2. The minimum atomic E-state index is -0.292. The van der Waals surface area contributed by atoms with Gasteiger partial charge in [0.05, 0.1) is 25.5 Å². The maximum atomic E-state index is 13.1. The molecule has 2 atom stereocenters. The van der Waals surface area contributed by atoms with Crippen LogP contribution < -0.4 is 19.9 Å². The second-order valence-electron chi connectivity index (χ2n) is 6.59. The van der Waals surface area contributed by atoms with Gasteiger partial charge in [-0.1, -0.05) is 24.3 Å². The van der Waals surface area contributed by atoms with Gasteiger partial charge in [-0.2, -0.15) is 0 Å². The second-order valence-corrected chi connectivity index (χ2v) is 6.59. The fourth-order valence-electron chi connectivity index (χ4n) is 3.13. The molecule has 0 radical (unpaired) electrons. The van der Waals surface area contributed by atoms with Crippen molar-refractivity contribution in [2.24, 2.45) is 0 Å². The van der Waals surface area contributed by atoms with Crippen molar-refractivity contribution in [3.63, 3.8) is 0 Å². The Labute approximate surface area is 153 Å². The molecule has 1 aliphatic heterocycles. The quantitative estimate of drug-likeness (QED) is 0.845. The van der Waals surface area contributed by atoms with Crippen LogP contribution in [0.2, 0.25) is 0 Å². The topological polar surface area (TPSA) is 63.1 Å². The molecule has 2 amide bonds. The van der Waals surface area contributed by atoms with Gasteiger partial charge in [-0.25, -0.2) is 0 Å². The summed E-state index contributed by atoms with van der Waals surface area (Å²) in [5, 5.41) is 2.81. The van der Waals surface area contributed by atoms with E-state index in [1.54, 1.807) is 12.0 Å². The van der Waals surface area contributed by atoms with Crippen LogP contribution in [0.1, 0.15) is 12.5 Å². The van der Waals surface area contributed by atoms with E-state index in [1.165, 1.54) is 0 Å². The van der Waals surface area contributed by atoms with E-state index in [1.807, 2.05) is 62.5 Å². The molecule has 3 rings (SSSR count). The first-order valence-corrected chi connectivity index (χ1v) is 8.65. The van der Waals surface area contributed by atoms with E-state index in [2.05, 4.69) is 5.32 Å². The zero-order valence-corrected chi connectivity index (χ0v) is 15.3. The second kappa shape index (κ2) is 7.58. The molecule has 2 aromatic carbocycles. The molecule has 0 bridgehead atoms. The third-order valence-electron chi connectivity index (χ3n) is 4.76. The average Bonchev–Trinajstić information content (AvgIpc) is 2.66. The minimum Gasteiger partial charge on any atom is -0.497 e. The molecule has 0 spiro atoms. The summed E-state index contributed by atoms with van der Waals surface area (Å²) in [6.45, 7) is 2.63. The summed E-state index contributed by atoms with van der Waals surface area (Å²) in [5.41, 5.74) is 2.52. The Kier molecular flexibility index (Phi) is 5.23. The molecule has 6 nitrogen and oxygen atoms in total. The van der Waals surface area contributed by atoms with Crippen molar-refractivity contribution in [1.29, 1.82) is 0 Å². The molecule has 2 N–H and O–H groups in total. The minimum absolute atomic E-state index is 0.0482. The van der Waals surface area contributed by atoms with Crippen LogP contribution in [0, 0.1) is 0 Å². The predicted molar refractivity (Wildman–Crippen MR) is 100 cm³/mol. The number of rotatable bonds is 5. The summed E-state index contributed by atoms with van der Waals surface area (Å²) in [7, 11) is 3.62. The standard InChI is InChI=1S/C20H23N3O3/c1-14(22(2)12-15-7-6-8-16(11-15)26-3)20(25)23-13-19(24)21-17-9-4-5-10-18(17)23/h4-11,14H,12-13H2,1-3H3,(H,21,24)/p+1/t14-/m1/s1. The van der Waals surface area contributed by atoms with E-state index in [-0.39, 0.29) is 24.4 Å². The highest BCUT2D eigenvalue weighted by atomic mass is 16.5. The Bertz CT molecular complexity index is 821. The number of ether oxygens (including phenoxy) is 1. The number of nitrogens with one attached hydrogen (secondary N) is 2. The Morgan fingerprint density at radius 2 is 2.04 bits per heavy atom. The monoisotopic (exact) mass is 354 g/mol. The van der Waals surface area contributed by atoms with Crippen molar-refractivity contribution >= 4 is 23.2 Å². The van der Waals surface area contributed by atoms with Gasteiger partial charge >= 0.3 is 0 Å². The summed E-state index contributed by atoms with van der Waals surface area (Å²) in [5.74, 6) is 0.568. The molecule has 0 saturated heterocycles. The zero-order chi connectivity index (χ0) is 18.7. The first kappa shape index (κ1) is 17.9. The van der Waals surface area contributed by atoms with Crippen molar-refractivity contribution in [2.75, 3.05) is 30.9 Å². The number of quaternary nitrogens is 1. The Balaban J connectivity index is 1.75. The van der Waals surface area contributed by atoms with Crippen molar-refractivity contribution in [2.45, 2.75) is 19.5 Å². The molecular weight excluding hydrogens is 330 g/mol. The highest BCUT2D eigenvalue weighted by Gasteiger charge is 2.33. The number of likely N-dealkylation sites (N-methyl/N-ethyl adjacent to an activating group) is 1. The first-order chi connectivity index (χ1) is 12.5. The average molecular weight is 354 g/mol. The van der Waals surface area contributed by atoms with E-state index in [4.69, 9.17) is 4.74 Å². The summed E-state index contributed by atoms with van der Waals surface area (Å²) in [4.78, 5) is 27.7. The van der Waals surface area contributed by atoms with Crippen molar-refractivity contribution in [1.82, 2.24) is 0 Å².